The van der Waals surface area contributed by atoms with Crippen LogP contribution in [-0.2, 0) is 14.3 Å². The summed E-state index contributed by atoms with van der Waals surface area (Å²) in [6.45, 7) is 6.95. The van der Waals surface area contributed by atoms with Crippen molar-refractivity contribution in [3.63, 3.8) is 0 Å². The van der Waals surface area contributed by atoms with Crippen LogP contribution in [0.2, 0.25) is 0 Å². The third-order valence-corrected chi connectivity index (χ3v) is 7.07. The Kier molecular flexibility index (Phi) is 7.48. The fourth-order valence-corrected chi connectivity index (χ4v) is 5.18. The lowest BCUT2D eigenvalue weighted by Crippen LogP contribution is -2.43. The van der Waals surface area contributed by atoms with Crippen molar-refractivity contribution >= 4 is 28.9 Å². The van der Waals surface area contributed by atoms with Crippen molar-refractivity contribution in [3.8, 4) is 5.75 Å². The Hall–Kier alpha value is -3.28. The summed E-state index contributed by atoms with van der Waals surface area (Å²) in [5.41, 5.74) is 6.37. The second-order valence-corrected chi connectivity index (χ2v) is 9.62. The number of ketones is 1. The summed E-state index contributed by atoms with van der Waals surface area (Å²) in [6, 6.07) is 5.94. The predicted octanol–water partition coefficient (Wildman–Crippen LogP) is 1.53. The van der Waals surface area contributed by atoms with E-state index >= 15 is 0 Å². The standard InChI is InChI=1S/C24H28N4O6S/c1-14-23(35-15(2)26-14)21(30)19-20(16-3-5-17(6-4-16)34-13-18(25)29)28(24(32)22(19)31)8-7-27-9-11-33-12-10-27/h3-6,20,31H,7-13H2,1-2H3,(H2,25,29). The van der Waals surface area contributed by atoms with Gasteiger partial charge in [0.05, 0.1) is 40.4 Å². The highest BCUT2D eigenvalue weighted by molar-refractivity contribution is 7.14. The molecule has 35 heavy (non-hydrogen) atoms. The van der Waals surface area contributed by atoms with Gasteiger partial charge in [-0.2, -0.15) is 0 Å². The Bertz CT molecular complexity index is 1150. The topological polar surface area (TPSA) is 135 Å². The summed E-state index contributed by atoms with van der Waals surface area (Å²) in [5.74, 6) is -1.71. The number of aliphatic hydroxyl groups excluding tert-OH is 1. The van der Waals surface area contributed by atoms with Crippen molar-refractivity contribution in [3.05, 3.63) is 56.7 Å². The smallest absolute Gasteiger partial charge is 0.290 e. The quantitative estimate of drug-likeness (QED) is 0.495. The monoisotopic (exact) mass is 500 g/mol. The van der Waals surface area contributed by atoms with Gasteiger partial charge in [0.1, 0.15) is 5.75 Å². The highest BCUT2D eigenvalue weighted by atomic mass is 32.1. The first kappa shape index (κ1) is 24.8. The molecule has 1 aromatic heterocycles. The van der Waals surface area contributed by atoms with E-state index in [0.717, 1.165) is 18.1 Å². The zero-order valence-electron chi connectivity index (χ0n) is 19.7. The van der Waals surface area contributed by atoms with Gasteiger partial charge in [0, 0.05) is 26.2 Å². The number of hydrogen-bond donors (Lipinski definition) is 2. The first-order chi connectivity index (χ1) is 16.8. The molecule has 1 fully saturated rings. The molecule has 0 saturated carbocycles. The summed E-state index contributed by atoms with van der Waals surface area (Å²) in [6.07, 6.45) is 0. The average Bonchev–Trinajstić information content (AvgIpc) is 3.32. The minimum absolute atomic E-state index is 0.0366. The molecule has 11 heteroatoms. The van der Waals surface area contributed by atoms with Crippen molar-refractivity contribution in [2.45, 2.75) is 19.9 Å². The molecule has 3 heterocycles. The van der Waals surface area contributed by atoms with Crippen molar-refractivity contribution in [1.82, 2.24) is 14.8 Å². The van der Waals surface area contributed by atoms with Crippen LogP contribution in [0.1, 0.15) is 32.0 Å². The number of carbonyl (C=O) groups is 3. The van der Waals surface area contributed by atoms with Gasteiger partial charge >= 0.3 is 0 Å². The largest absolute Gasteiger partial charge is 0.503 e. The van der Waals surface area contributed by atoms with Crippen molar-refractivity contribution in [1.29, 1.82) is 0 Å². The number of aromatic nitrogens is 1. The number of hydrogen-bond acceptors (Lipinski definition) is 9. The van der Waals surface area contributed by atoms with Gasteiger partial charge in [0.15, 0.2) is 12.4 Å². The molecule has 186 valence electrons. The maximum absolute atomic E-state index is 13.6. The van der Waals surface area contributed by atoms with E-state index in [1.165, 1.54) is 16.2 Å². The molecule has 1 aromatic carbocycles. The molecule has 0 bridgehead atoms. The number of primary amides is 1. The van der Waals surface area contributed by atoms with E-state index in [1.54, 1.807) is 38.1 Å². The highest BCUT2D eigenvalue weighted by Crippen LogP contribution is 2.40. The minimum Gasteiger partial charge on any atom is -0.503 e. The molecule has 2 aliphatic heterocycles. The number of carbonyl (C=O) groups excluding carboxylic acids is 3. The number of nitrogens with zero attached hydrogens (tertiary/aromatic N) is 3. The van der Waals surface area contributed by atoms with Gasteiger partial charge in [-0.05, 0) is 31.5 Å². The van der Waals surface area contributed by atoms with E-state index in [1.807, 2.05) is 0 Å². The lowest BCUT2D eigenvalue weighted by molar-refractivity contribution is -0.129. The molecule has 1 unspecified atom stereocenters. The zero-order valence-corrected chi connectivity index (χ0v) is 20.5. The molecule has 2 amide bonds. The number of morpholine rings is 1. The van der Waals surface area contributed by atoms with Crippen LogP contribution in [0.25, 0.3) is 0 Å². The molecule has 2 aromatic rings. The Morgan fingerprint density at radius 1 is 1.20 bits per heavy atom. The SMILES string of the molecule is Cc1nc(C)c(C(=O)C2=C(O)C(=O)N(CCN3CCOCC3)C2c2ccc(OCC(N)=O)cc2)s1. The lowest BCUT2D eigenvalue weighted by atomic mass is 9.95. The van der Waals surface area contributed by atoms with Gasteiger partial charge in [-0.3, -0.25) is 19.3 Å². The Morgan fingerprint density at radius 2 is 1.89 bits per heavy atom. The molecule has 10 nitrogen and oxygen atoms in total. The second-order valence-electron chi connectivity index (χ2n) is 8.42. The van der Waals surface area contributed by atoms with E-state index in [0.29, 0.717) is 48.2 Å². The van der Waals surface area contributed by atoms with Crippen LogP contribution in [0.15, 0.2) is 35.6 Å². The number of rotatable bonds is 9. The van der Waals surface area contributed by atoms with Gasteiger partial charge in [0.25, 0.3) is 11.8 Å². The molecule has 4 rings (SSSR count). The number of nitrogens with two attached hydrogens (primary N) is 1. The van der Waals surface area contributed by atoms with Crippen LogP contribution >= 0.6 is 11.3 Å². The summed E-state index contributed by atoms with van der Waals surface area (Å²) in [4.78, 5) is 46.2. The molecular formula is C24H28N4O6S. The first-order valence-corrected chi connectivity index (χ1v) is 12.1. The zero-order chi connectivity index (χ0) is 25.1. The average molecular weight is 501 g/mol. The summed E-state index contributed by atoms with van der Waals surface area (Å²) < 4.78 is 10.7. The highest BCUT2D eigenvalue weighted by Gasteiger charge is 2.44. The molecule has 1 atom stereocenters. The van der Waals surface area contributed by atoms with E-state index in [2.05, 4.69) is 9.88 Å². The van der Waals surface area contributed by atoms with Gasteiger partial charge in [-0.15, -0.1) is 11.3 Å². The number of aryl methyl sites for hydroxylation is 2. The van der Waals surface area contributed by atoms with Crippen molar-refractivity contribution in [2.24, 2.45) is 5.73 Å². The van der Waals surface area contributed by atoms with E-state index in [-0.39, 0.29) is 12.2 Å². The van der Waals surface area contributed by atoms with E-state index < -0.39 is 29.4 Å². The minimum atomic E-state index is -0.775. The Labute approximate surface area is 206 Å². The van der Waals surface area contributed by atoms with Gasteiger partial charge < -0.3 is 25.2 Å². The van der Waals surface area contributed by atoms with Gasteiger partial charge in [0.2, 0.25) is 5.78 Å². The summed E-state index contributed by atoms with van der Waals surface area (Å²) in [7, 11) is 0. The van der Waals surface area contributed by atoms with Crippen LogP contribution in [0.4, 0.5) is 0 Å². The van der Waals surface area contributed by atoms with Crippen molar-refractivity contribution in [2.75, 3.05) is 46.0 Å². The van der Waals surface area contributed by atoms with Gasteiger partial charge in [-0.25, -0.2) is 4.98 Å². The van der Waals surface area contributed by atoms with Crippen LogP contribution in [0.3, 0.4) is 0 Å². The van der Waals surface area contributed by atoms with E-state index in [9.17, 15) is 19.5 Å². The van der Waals surface area contributed by atoms with E-state index in [4.69, 9.17) is 15.2 Å². The molecule has 0 aliphatic carbocycles. The fourth-order valence-electron chi connectivity index (χ4n) is 4.30. The van der Waals surface area contributed by atoms with Crippen LogP contribution < -0.4 is 10.5 Å². The number of aliphatic hydroxyl groups is 1. The number of thiazole rings is 1. The number of ether oxygens (including phenoxy) is 2. The lowest BCUT2D eigenvalue weighted by Gasteiger charge is -2.31. The normalized spacial score (nSPS) is 18.9. The Morgan fingerprint density at radius 3 is 2.49 bits per heavy atom. The van der Waals surface area contributed by atoms with Crippen LogP contribution in [0, 0.1) is 13.8 Å². The van der Waals surface area contributed by atoms with Crippen LogP contribution in [0.5, 0.6) is 5.75 Å². The molecular weight excluding hydrogens is 472 g/mol. The maximum atomic E-state index is 13.6. The van der Waals surface area contributed by atoms with Gasteiger partial charge in [-0.1, -0.05) is 12.1 Å². The fraction of sp³-hybridized carbons (Fsp3) is 0.417. The third kappa shape index (κ3) is 5.37. The molecule has 2 aliphatic rings. The summed E-state index contributed by atoms with van der Waals surface area (Å²) in [5, 5.41) is 11.6. The molecule has 0 radical (unpaired) electrons. The Balaban J connectivity index is 1.66. The molecule has 0 spiro atoms. The first-order valence-electron chi connectivity index (χ1n) is 11.3. The molecule has 1 saturated heterocycles. The number of Topliss-reactive ketones (excluding diaryl/α,β-unsaturated/α-hetero) is 1. The van der Waals surface area contributed by atoms with Crippen LogP contribution in [-0.4, -0.2) is 83.5 Å². The number of benzene rings is 1. The number of amides is 2. The molecule has 3 N–H and O–H groups in total. The summed E-state index contributed by atoms with van der Waals surface area (Å²) >= 11 is 1.24. The maximum Gasteiger partial charge on any atom is 0.290 e. The predicted molar refractivity (Wildman–Crippen MR) is 128 cm³/mol. The van der Waals surface area contributed by atoms with Crippen molar-refractivity contribution < 1.29 is 29.0 Å². The second kappa shape index (κ2) is 10.5. The third-order valence-electron chi connectivity index (χ3n) is 6.00.